The van der Waals surface area contributed by atoms with Gasteiger partial charge in [0.25, 0.3) is 0 Å². The number of rotatable bonds is 2. The lowest BCUT2D eigenvalue weighted by atomic mass is 10.2. The molecule has 0 atom stereocenters. The second-order valence-corrected chi connectivity index (χ2v) is 5.75. The predicted molar refractivity (Wildman–Crippen MR) is 83.0 cm³/mol. The highest BCUT2D eigenvalue weighted by molar-refractivity contribution is 7.18. The number of aryl methyl sites for hydroxylation is 2. The maximum absolute atomic E-state index is 12.0. The Bertz CT molecular complexity index is 844. The third-order valence-corrected chi connectivity index (χ3v) is 4.30. The van der Waals surface area contributed by atoms with Gasteiger partial charge in [0.05, 0.1) is 0 Å². The Labute approximate surface area is 120 Å². The molecular weight excluding hydrogens is 270 g/mol. The summed E-state index contributed by atoms with van der Waals surface area (Å²) in [5.41, 5.74) is 1.69. The maximum Gasteiger partial charge on any atom is 0.348 e. The zero-order valence-corrected chi connectivity index (χ0v) is 12.0. The van der Waals surface area contributed by atoms with E-state index in [0.717, 1.165) is 20.8 Å². The molecule has 0 aliphatic rings. The molecule has 0 fully saturated rings. The molecule has 20 heavy (non-hydrogen) atoms. The van der Waals surface area contributed by atoms with E-state index in [9.17, 15) is 4.79 Å². The summed E-state index contributed by atoms with van der Waals surface area (Å²) in [7, 11) is 0. The van der Waals surface area contributed by atoms with E-state index in [0.29, 0.717) is 11.3 Å². The smallest absolute Gasteiger partial charge is 0.348 e. The standard InChI is InChI=1S/C16H13NO2S/c1-10-11(2)20-15-14(10)16(18)19-13(17-15)9-8-12-6-4-3-5-7-12/h3-9H,1-2H3. The summed E-state index contributed by atoms with van der Waals surface area (Å²) in [4.78, 5) is 18.2. The normalized spacial score (nSPS) is 11.5. The van der Waals surface area contributed by atoms with Crippen molar-refractivity contribution in [2.45, 2.75) is 13.8 Å². The van der Waals surface area contributed by atoms with Gasteiger partial charge in [-0.15, -0.1) is 11.3 Å². The van der Waals surface area contributed by atoms with E-state index in [1.165, 1.54) is 11.3 Å². The molecule has 3 nitrogen and oxygen atoms in total. The molecule has 0 radical (unpaired) electrons. The van der Waals surface area contributed by atoms with Crippen molar-refractivity contribution in [1.82, 2.24) is 4.98 Å². The lowest BCUT2D eigenvalue weighted by Gasteiger charge is -1.94. The molecule has 3 aromatic rings. The summed E-state index contributed by atoms with van der Waals surface area (Å²) in [5, 5.41) is 0.601. The predicted octanol–water partition coefficient (Wildman–Crippen LogP) is 4.04. The molecule has 0 amide bonds. The highest BCUT2D eigenvalue weighted by atomic mass is 32.1. The third-order valence-electron chi connectivity index (χ3n) is 3.20. The van der Waals surface area contributed by atoms with Crippen molar-refractivity contribution in [3.63, 3.8) is 0 Å². The van der Waals surface area contributed by atoms with Crippen LogP contribution in [0.15, 0.2) is 39.5 Å². The van der Waals surface area contributed by atoms with Crippen LogP contribution < -0.4 is 5.63 Å². The van der Waals surface area contributed by atoms with Gasteiger partial charge in [-0.1, -0.05) is 30.3 Å². The van der Waals surface area contributed by atoms with Gasteiger partial charge < -0.3 is 4.42 Å². The quantitative estimate of drug-likeness (QED) is 0.713. The summed E-state index contributed by atoms with van der Waals surface area (Å²) in [6, 6.07) is 9.83. The number of hydrogen-bond acceptors (Lipinski definition) is 4. The zero-order chi connectivity index (χ0) is 14.1. The van der Waals surface area contributed by atoms with E-state index in [4.69, 9.17) is 4.42 Å². The van der Waals surface area contributed by atoms with Crippen molar-refractivity contribution in [3.05, 3.63) is 62.6 Å². The van der Waals surface area contributed by atoms with Crippen molar-refractivity contribution in [2.75, 3.05) is 0 Å². The molecule has 3 rings (SSSR count). The number of thiophene rings is 1. The van der Waals surface area contributed by atoms with E-state index >= 15 is 0 Å². The number of hydrogen-bond donors (Lipinski definition) is 0. The fraction of sp³-hybridized carbons (Fsp3) is 0.125. The van der Waals surface area contributed by atoms with Crippen molar-refractivity contribution >= 4 is 33.7 Å². The Morgan fingerprint density at radius 1 is 1.15 bits per heavy atom. The molecule has 100 valence electrons. The van der Waals surface area contributed by atoms with Crippen LogP contribution in [0.5, 0.6) is 0 Å². The zero-order valence-electron chi connectivity index (χ0n) is 11.2. The maximum atomic E-state index is 12.0. The van der Waals surface area contributed by atoms with E-state index < -0.39 is 0 Å². The monoisotopic (exact) mass is 283 g/mol. The fourth-order valence-corrected chi connectivity index (χ4v) is 3.02. The van der Waals surface area contributed by atoms with Crippen LogP contribution in [0.4, 0.5) is 0 Å². The van der Waals surface area contributed by atoms with Crippen molar-refractivity contribution in [3.8, 4) is 0 Å². The lowest BCUT2D eigenvalue weighted by molar-refractivity contribution is 0.491. The van der Waals surface area contributed by atoms with Gasteiger partial charge >= 0.3 is 5.63 Å². The van der Waals surface area contributed by atoms with Crippen LogP contribution in [-0.2, 0) is 0 Å². The highest BCUT2D eigenvalue weighted by Crippen LogP contribution is 2.26. The van der Waals surface area contributed by atoms with Crippen LogP contribution in [-0.4, -0.2) is 4.98 Å². The lowest BCUT2D eigenvalue weighted by Crippen LogP contribution is -2.02. The molecule has 2 heterocycles. The van der Waals surface area contributed by atoms with Gasteiger partial charge in [0, 0.05) is 11.0 Å². The van der Waals surface area contributed by atoms with Gasteiger partial charge in [0.2, 0.25) is 5.89 Å². The average Bonchev–Trinajstić information content (AvgIpc) is 2.73. The summed E-state index contributed by atoms with van der Waals surface area (Å²) >= 11 is 1.52. The number of nitrogens with zero attached hydrogens (tertiary/aromatic N) is 1. The van der Waals surface area contributed by atoms with Gasteiger partial charge in [0.1, 0.15) is 10.2 Å². The summed E-state index contributed by atoms with van der Waals surface area (Å²) in [6.07, 6.45) is 3.60. The van der Waals surface area contributed by atoms with Gasteiger partial charge in [0.15, 0.2) is 0 Å². The topological polar surface area (TPSA) is 43.1 Å². The largest absolute Gasteiger partial charge is 0.404 e. The van der Waals surface area contributed by atoms with Crippen LogP contribution in [0.3, 0.4) is 0 Å². The van der Waals surface area contributed by atoms with Crippen LogP contribution in [0.2, 0.25) is 0 Å². The van der Waals surface area contributed by atoms with Crippen molar-refractivity contribution in [2.24, 2.45) is 0 Å². The summed E-state index contributed by atoms with van der Waals surface area (Å²) in [5.74, 6) is 0.340. The molecule has 0 aliphatic carbocycles. The number of fused-ring (bicyclic) bond motifs is 1. The molecule has 0 unspecified atom stereocenters. The van der Waals surface area contributed by atoms with E-state index in [1.54, 1.807) is 6.08 Å². The first-order valence-electron chi connectivity index (χ1n) is 6.29. The third kappa shape index (κ3) is 2.30. The first-order valence-corrected chi connectivity index (χ1v) is 7.11. The highest BCUT2D eigenvalue weighted by Gasteiger charge is 2.12. The fourth-order valence-electron chi connectivity index (χ4n) is 2.00. The first kappa shape index (κ1) is 12.8. The minimum absolute atomic E-state index is 0.315. The minimum atomic E-state index is -0.315. The molecule has 0 saturated carbocycles. The van der Waals surface area contributed by atoms with Crippen LogP contribution >= 0.6 is 11.3 Å². The SMILES string of the molecule is Cc1sc2nc(C=Cc3ccccc3)oc(=O)c2c1C. The summed E-state index contributed by atoms with van der Waals surface area (Å²) < 4.78 is 5.26. The van der Waals surface area contributed by atoms with E-state index in [2.05, 4.69) is 4.98 Å². The summed E-state index contributed by atoms with van der Waals surface area (Å²) in [6.45, 7) is 3.91. The molecular formula is C16H13NO2S. The molecule has 4 heteroatoms. The van der Waals surface area contributed by atoms with Crippen LogP contribution in [0.25, 0.3) is 22.4 Å². The average molecular weight is 283 g/mol. The van der Waals surface area contributed by atoms with Crippen molar-refractivity contribution in [1.29, 1.82) is 0 Å². The van der Waals surface area contributed by atoms with Crippen LogP contribution in [0.1, 0.15) is 21.9 Å². The minimum Gasteiger partial charge on any atom is -0.404 e. The van der Waals surface area contributed by atoms with Gasteiger partial charge in [-0.3, -0.25) is 0 Å². The Morgan fingerprint density at radius 3 is 2.65 bits per heavy atom. The van der Waals surface area contributed by atoms with E-state index in [1.807, 2.05) is 50.3 Å². The van der Waals surface area contributed by atoms with Gasteiger partial charge in [-0.05, 0) is 31.1 Å². The van der Waals surface area contributed by atoms with E-state index in [-0.39, 0.29) is 5.63 Å². The first-order chi connectivity index (χ1) is 9.65. The molecule has 0 spiro atoms. The second-order valence-electron chi connectivity index (χ2n) is 4.55. The Morgan fingerprint density at radius 2 is 1.90 bits per heavy atom. The Hall–Kier alpha value is -2.20. The van der Waals surface area contributed by atoms with Crippen molar-refractivity contribution < 1.29 is 4.42 Å². The molecule has 0 bridgehead atoms. The second kappa shape index (κ2) is 5.06. The van der Waals surface area contributed by atoms with Gasteiger partial charge in [-0.2, -0.15) is 0 Å². The van der Waals surface area contributed by atoms with Gasteiger partial charge in [-0.25, -0.2) is 9.78 Å². The van der Waals surface area contributed by atoms with Crippen LogP contribution in [0, 0.1) is 13.8 Å². The molecule has 2 aromatic heterocycles. The molecule has 1 aromatic carbocycles. The Balaban J connectivity index is 2.06. The molecule has 0 saturated heterocycles. The number of benzene rings is 1. The molecule has 0 aliphatic heterocycles. The molecule has 0 N–H and O–H groups in total. The Kier molecular flexibility index (Phi) is 3.24. The number of aromatic nitrogens is 1.